The summed E-state index contributed by atoms with van der Waals surface area (Å²) >= 11 is 0. The summed E-state index contributed by atoms with van der Waals surface area (Å²) in [7, 11) is 0. The molecular weight excluding hydrogens is 189 g/mol. The summed E-state index contributed by atoms with van der Waals surface area (Å²) in [4.78, 5) is 2.60. The van der Waals surface area contributed by atoms with E-state index in [1.165, 1.54) is 32.2 Å². The molecule has 15 heavy (non-hydrogen) atoms. The van der Waals surface area contributed by atoms with E-state index in [2.05, 4.69) is 18.7 Å². The minimum Gasteiger partial charge on any atom is -0.297 e. The molecule has 2 bridgehead atoms. The van der Waals surface area contributed by atoms with E-state index in [-0.39, 0.29) is 0 Å². The number of nitrogens with zero attached hydrogens (tertiary/aromatic N) is 1. The highest BCUT2D eigenvalue weighted by Gasteiger charge is 2.40. The number of piperidine rings is 1. The molecule has 0 aromatic heterocycles. The molecule has 0 amide bonds. The maximum Gasteiger partial charge on any atom is 0.103 e. The minimum absolute atomic E-state index is 0.510. The van der Waals surface area contributed by atoms with Gasteiger partial charge < -0.3 is 0 Å². The van der Waals surface area contributed by atoms with Crippen molar-refractivity contribution in [1.82, 2.24) is 4.90 Å². The molecule has 2 saturated heterocycles. The topological polar surface area (TPSA) is 3.24 Å². The van der Waals surface area contributed by atoms with Gasteiger partial charge in [0.1, 0.15) is 6.17 Å². The van der Waals surface area contributed by atoms with Crippen LogP contribution in [-0.4, -0.2) is 29.7 Å². The third-order valence-electron chi connectivity index (χ3n) is 4.02. The van der Waals surface area contributed by atoms with Gasteiger partial charge in [0, 0.05) is 12.1 Å². The third-order valence-corrected chi connectivity index (χ3v) is 4.02. The van der Waals surface area contributed by atoms with Gasteiger partial charge in [-0.3, -0.25) is 4.90 Å². The predicted molar refractivity (Wildman–Crippen MR) is 61.7 cm³/mol. The summed E-state index contributed by atoms with van der Waals surface area (Å²) < 4.78 is 13.3. The number of rotatable bonds is 4. The SMILES string of the molecule is CC(C)CCCN1[C@@H]2CC[C@H]1CC(F)C2. The first-order chi connectivity index (χ1) is 7.16. The lowest BCUT2D eigenvalue weighted by Crippen LogP contribution is -2.44. The summed E-state index contributed by atoms with van der Waals surface area (Å²) in [5, 5.41) is 0. The molecule has 2 heteroatoms. The van der Waals surface area contributed by atoms with Crippen LogP contribution in [0.1, 0.15) is 52.4 Å². The molecule has 2 aliphatic rings. The smallest absolute Gasteiger partial charge is 0.103 e. The summed E-state index contributed by atoms with van der Waals surface area (Å²) in [6.45, 7) is 5.77. The molecule has 0 radical (unpaired) electrons. The zero-order valence-electron chi connectivity index (χ0n) is 10.1. The molecule has 1 nitrogen and oxygen atoms in total. The molecule has 0 aliphatic carbocycles. The Labute approximate surface area is 93.0 Å². The summed E-state index contributed by atoms with van der Waals surface area (Å²) in [5.74, 6) is 0.807. The van der Waals surface area contributed by atoms with Crippen molar-refractivity contribution in [2.45, 2.75) is 70.6 Å². The van der Waals surface area contributed by atoms with Crippen molar-refractivity contribution in [2.24, 2.45) is 5.92 Å². The largest absolute Gasteiger partial charge is 0.297 e. The summed E-state index contributed by atoms with van der Waals surface area (Å²) in [6.07, 6.45) is 6.19. The van der Waals surface area contributed by atoms with Crippen LogP contribution in [0.2, 0.25) is 0 Å². The monoisotopic (exact) mass is 213 g/mol. The molecule has 0 N–H and O–H groups in total. The summed E-state index contributed by atoms with van der Waals surface area (Å²) in [5.41, 5.74) is 0. The van der Waals surface area contributed by atoms with Crippen LogP contribution >= 0.6 is 0 Å². The lowest BCUT2D eigenvalue weighted by Gasteiger charge is -2.36. The van der Waals surface area contributed by atoms with Gasteiger partial charge in [-0.25, -0.2) is 4.39 Å². The lowest BCUT2D eigenvalue weighted by molar-refractivity contribution is 0.0806. The van der Waals surface area contributed by atoms with Gasteiger partial charge in [-0.2, -0.15) is 0 Å². The van der Waals surface area contributed by atoms with Crippen molar-refractivity contribution in [2.75, 3.05) is 6.54 Å². The van der Waals surface area contributed by atoms with E-state index >= 15 is 0 Å². The molecular formula is C13H24FN. The highest BCUT2D eigenvalue weighted by Crippen LogP contribution is 2.36. The first-order valence-corrected chi connectivity index (χ1v) is 6.56. The molecule has 0 aromatic rings. The molecule has 2 heterocycles. The van der Waals surface area contributed by atoms with Crippen LogP contribution < -0.4 is 0 Å². The molecule has 1 unspecified atom stereocenters. The molecule has 0 aromatic carbocycles. The Hall–Kier alpha value is -0.110. The van der Waals surface area contributed by atoms with Gasteiger partial charge in [-0.05, 0) is 51.0 Å². The van der Waals surface area contributed by atoms with Crippen molar-refractivity contribution < 1.29 is 4.39 Å². The predicted octanol–water partition coefficient (Wildman–Crippen LogP) is 3.39. The quantitative estimate of drug-likeness (QED) is 0.692. The molecule has 2 aliphatic heterocycles. The summed E-state index contributed by atoms with van der Waals surface area (Å²) in [6, 6.07) is 1.15. The Morgan fingerprint density at radius 3 is 2.33 bits per heavy atom. The Morgan fingerprint density at radius 1 is 1.20 bits per heavy atom. The van der Waals surface area contributed by atoms with Crippen molar-refractivity contribution in [3.05, 3.63) is 0 Å². The number of hydrogen-bond acceptors (Lipinski definition) is 1. The van der Waals surface area contributed by atoms with E-state index in [0.717, 1.165) is 18.8 Å². The van der Waals surface area contributed by atoms with E-state index in [9.17, 15) is 4.39 Å². The van der Waals surface area contributed by atoms with Crippen LogP contribution in [0.15, 0.2) is 0 Å². The van der Waals surface area contributed by atoms with E-state index in [0.29, 0.717) is 12.1 Å². The fourth-order valence-electron chi connectivity index (χ4n) is 3.25. The van der Waals surface area contributed by atoms with Crippen LogP contribution in [0.5, 0.6) is 0 Å². The van der Waals surface area contributed by atoms with Gasteiger partial charge in [0.25, 0.3) is 0 Å². The zero-order chi connectivity index (χ0) is 10.8. The number of alkyl halides is 1. The minimum atomic E-state index is -0.510. The Kier molecular flexibility index (Phi) is 3.65. The van der Waals surface area contributed by atoms with Gasteiger partial charge in [0.2, 0.25) is 0 Å². The Balaban J connectivity index is 1.78. The molecule has 88 valence electrons. The van der Waals surface area contributed by atoms with Crippen molar-refractivity contribution in [1.29, 1.82) is 0 Å². The number of halogens is 1. The number of fused-ring (bicyclic) bond motifs is 2. The van der Waals surface area contributed by atoms with Gasteiger partial charge in [0.05, 0.1) is 0 Å². The Morgan fingerprint density at radius 2 is 1.80 bits per heavy atom. The highest BCUT2D eigenvalue weighted by atomic mass is 19.1. The molecule has 2 rings (SSSR count). The molecule has 2 fully saturated rings. The van der Waals surface area contributed by atoms with E-state index in [1.807, 2.05) is 0 Å². The van der Waals surface area contributed by atoms with E-state index < -0.39 is 6.17 Å². The first-order valence-electron chi connectivity index (χ1n) is 6.56. The second-order valence-electron chi connectivity index (χ2n) is 5.73. The normalized spacial score (nSPS) is 36.4. The van der Waals surface area contributed by atoms with Crippen LogP contribution in [-0.2, 0) is 0 Å². The second-order valence-corrected chi connectivity index (χ2v) is 5.73. The van der Waals surface area contributed by atoms with Gasteiger partial charge in [0.15, 0.2) is 0 Å². The van der Waals surface area contributed by atoms with Crippen molar-refractivity contribution in [3.8, 4) is 0 Å². The molecule has 3 atom stereocenters. The number of hydrogen-bond donors (Lipinski definition) is 0. The van der Waals surface area contributed by atoms with Crippen LogP contribution in [0, 0.1) is 5.92 Å². The average Bonchev–Trinajstić information content (AvgIpc) is 2.42. The maximum atomic E-state index is 13.3. The van der Waals surface area contributed by atoms with Crippen LogP contribution in [0.4, 0.5) is 4.39 Å². The van der Waals surface area contributed by atoms with E-state index in [1.54, 1.807) is 0 Å². The van der Waals surface area contributed by atoms with Crippen LogP contribution in [0.3, 0.4) is 0 Å². The Bertz CT molecular complexity index is 191. The fourth-order valence-corrected chi connectivity index (χ4v) is 3.25. The van der Waals surface area contributed by atoms with Crippen LogP contribution in [0.25, 0.3) is 0 Å². The van der Waals surface area contributed by atoms with Crippen molar-refractivity contribution >= 4 is 0 Å². The average molecular weight is 213 g/mol. The molecule has 0 spiro atoms. The lowest BCUT2D eigenvalue weighted by atomic mass is 10.00. The van der Waals surface area contributed by atoms with Crippen molar-refractivity contribution in [3.63, 3.8) is 0 Å². The first kappa shape index (κ1) is 11.4. The van der Waals surface area contributed by atoms with Gasteiger partial charge >= 0.3 is 0 Å². The van der Waals surface area contributed by atoms with Gasteiger partial charge in [-0.1, -0.05) is 13.8 Å². The second kappa shape index (κ2) is 4.82. The molecule has 0 saturated carbocycles. The zero-order valence-corrected chi connectivity index (χ0v) is 10.1. The highest BCUT2D eigenvalue weighted by molar-refractivity contribution is 4.95. The van der Waals surface area contributed by atoms with Gasteiger partial charge in [-0.15, -0.1) is 0 Å². The standard InChI is InChI=1S/C13H24FN/c1-10(2)4-3-7-15-12-5-6-13(15)9-11(14)8-12/h10-13H,3-9H2,1-2H3/t11?,12-,13+. The van der Waals surface area contributed by atoms with E-state index in [4.69, 9.17) is 0 Å². The maximum absolute atomic E-state index is 13.3. The fraction of sp³-hybridized carbons (Fsp3) is 1.00. The third kappa shape index (κ3) is 2.72.